The Morgan fingerprint density at radius 3 is 2.83 bits per heavy atom. The molecule has 3 rings (SSSR count). The molecule has 2 aromatic rings. The van der Waals surface area contributed by atoms with E-state index in [4.69, 9.17) is 0 Å². The Hall–Kier alpha value is -1.11. The Morgan fingerprint density at radius 1 is 1.28 bits per heavy atom. The number of rotatable bonds is 3. The third-order valence-corrected chi connectivity index (χ3v) is 3.93. The van der Waals surface area contributed by atoms with E-state index in [9.17, 15) is 0 Å². The summed E-state index contributed by atoms with van der Waals surface area (Å²) in [5.41, 5.74) is 1.01. The predicted molar refractivity (Wildman–Crippen MR) is 73.5 cm³/mol. The molecule has 2 heterocycles. The molecule has 1 unspecified atom stereocenters. The molecule has 1 fully saturated rings. The van der Waals surface area contributed by atoms with Crippen LogP contribution in [0.2, 0.25) is 0 Å². The van der Waals surface area contributed by atoms with Crippen LogP contribution in [-0.4, -0.2) is 38.5 Å². The third-order valence-electron chi connectivity index (χ3n) is 2.73. The number of aromatic nitrogens is 4. The van der Waals surface area contributed by atoms with Crippen LogP contribution >= 0.6 is 24.2 Å². The van der Waals surface area contributed by atoms with Crippen molar-refractivity contribution in [2.24, 2.45) is 0 Å². The second-order valence-electron chi connectivity index (χ2n) is 3.94. The molecule has 96 valence electrons. The molecule has 7 heteroatoms. The van der Waals surface area contributed by atoms with Gasteiger partial charge in [-0.2, -0.15) is 4.68 Å². The minimum atomic E-state index is 0. The van der Waals surface area contributed by atoms with E-state index in [0.29, 0.717) is 5.25 Å². The van der Waals surface area contributed by atoms with Crippen molar-refractivity contribution >= 4 is 24.2 Å². The minimum absolute atomic E-state index is 0. The van der Waals surface area contributed by atoms with Gasteiger partial charge in [-0.25, -0.2) is 0 Å². The lowest BCUT2D eigenvalue weighted by Gasteiger charge is -2.07. The van der Waals surface area contributed by atoms with Crippen molar-refractivity contribution in [3.8, 4) is 5.69 Å². The maximum absolute atomic E-state index is 4.09. The maximum atomic E-state index is 4.09. The second kappa shape index (κ2) is 6.17. The zero-order chi connectivity index (χ0) is 11.5. The molecule has 0 amide bonds. The van der Waals surface area contributed by atoms with E-state index in [-0.39, 0.29) is 12.4 Å². The number of para-hydroxylation sites is 1. The highest BCUT2D eigenvalue weighted by atomic mass is 35.5. The minimum Gasteiger partial charge on any atom is -0.316 e. The SMILES string of the molecule is Cl.c1ccc(-n2nnnc2SC2CCNC2)cc1. The highest BCUT2D eigenvalue weighted by molar-refractivity contribution is 7.99. The Morgan fingerprint density at radius 2 is 2.11 bits per heavy atom. The number of nitrogens with zero attached hydrogens (tertiary/aromatic N) is 4. The van der Waals surface area contributed by atoms with Gasteiger partial charge in [0.2, 0.25) is 5.16 Å². The van der Waals surface area contributed by atoms with Gasteiger partial charge in [0.25, 0.3) is 0 Å². The highest BCUT2D eigenvalue weighted by Crippen LogP contribution is 2.26. The van der Waals surface area contributed by atoms with Gasteiger partial charge in [-0.3, -0.25) is 0 Å². The number of hydrogen-bond acceptors (Lipinski definition) is 5. The van der Waals surface area contributed by atoms with Gasteiger partial charge in [0.1, 0.15) is 0 Å². The number of nitrogens with one attached hydrogen (secondary N) is 1. The topological polar surface area (TPSA) is 55.6 Å². The Bertz CT molecular complexity index is 483. The smallest absolute Gasteiger partial charge is 0.214 e. The van der Waals surface area contributed by atoms with Gasteiger partial charge in [-0.05, 0) is 35.5 Å². The van der Waals surface area contributed by atoms with Crippen LogP contribution in [0.5, 0.6) is 0 Å². The van der Waals surface area contributed by atoms with Crippen molar-refractivity contribution in [1.29, 1.82) is 0 Å². The number of thioether (sulfide) groups is 1. The average Bonchev–Trinajstić information content (AvgIpc) is 3.02. The van der Waals surface area contributed by atoms with E-state index in [2.05, 4.69) is 20.8 Å². The van der Waals surface area contributed by atoms with Crippen molar-refractivity contribution in [3.63, 3.8) is 0 Å². The highest BCUT2D eigenvalue weighted by Gasteiger charge is 2.19. The molecule has 5 nitrogen and oxygen atoms in total. The normalized spacial score (nSPS) is 18.6. The zero-order valence-corrected chi connectivity index (χ0v) is 11.3. The molecule has 1 aromatic heterocycles. The number of benzene rings is 1. The van der Waals surface area contributed by atoms with Crippen LogP contribution in [0.25, 0.3) is 5.69 Å². The first-order valence-corrected chi connectivity index (χ1v) is 6.52. The third kappa shape index (κ3) is 2.82. The summed E-state index contributed by atoms with van der Waals surface area (Å²) in [6, 6.07) is 9.98. The van der Waals surface area contributed by atoms with Crippen molar-refractivity contribution in [2.45, 2.75) is 16.8 Å². The zero-order valence-electron chi connectivity index (χ0n) is 9.69. The first-order valence-electron chi connectivity index (χ1n) is 5.64. The Balaban J connectivity index is 0.00000120. The van der Waals surface area contributed by atoms with Gasteiger partial charge in [0.15, 0.2) is 0 Å². The van der Waals surface area contributed by atoms with Crippen LogP contribution < -0.4 is 5.32 Å². The Kier molecular flexibility index (Phi) is 4.57. The van der Waals surface area contributed by atoms with E-state index in [1.807, 2.05) is 30.3 Å². The Labute approximate surface area is 116 Å². The van der Waals surface area contributed by atoms with E-state index < -0.39 is 0 Å². The molecule has 1 N–H and O–H groups in total. The number of hydrogen-bond donors (Lipinski definition) is 1. The van der Waals surface area contributed by atoms with Crippen LogP contribution in [0.1, 0.15) is 6.42 Å². The van der Waals surface area contributed by atoms with Gasteiger partial charge in [0, 0.05) is 11.8 Å². The average molecular weight is 284 g/mol. The first kappa shape index (κ1) is 13.3. The van der Waals surface area contributed by atoms with E-state index >= 15 is 0 Å². The van der Waals surface area contributed by atoms with Crippen molar-refractivity contribution in [1.82, 2.24) is 25.5 Å². The summed E-state index contributed by atoms with van der Waals surface area (Å²) in [6.45, 7) is 2.12. The van der Waals surface area contributed by atoms with Crippen LogP contribution in [0.15, 0.2) is 35.5 Å². The number of halogens is 1. The predicted octanol–water partition coefficient (Wildman–Crippen LogP) is 1.54. The molecule has 0 radical (unpaired) electrons. The lowest BCUT2D eigenvalue weighted by molar-refractivity contribution is 0.754. The number of tetrazole rings is 1. The summed E-state index contributed by atoms with van der Waals surface area (Å²) in [6.07, 6.45) is 1.17. The summed E-state index contributed by atoms with van der Waals surface area (Å²) < 4.78 is 1.79. The van der Waals surface area contributed by atoms with Crippen molar-refractivity contribution in [3.05, 3.63) is 30.3 Å². The van der Waals surface area contributed by atoms with Gasteiger partial charge >= 0.3 is 0 Å². The van der Waals surface area contributed by atoms with E-state index in [0.717, 1.165) is 23.9 Å². The summed E-state index contributed by atoms with van der Waals surface area (Å²) in [7, 11) is 0. The molecular weight excluding hydrogens is 270 g/mol. The first-order chi connectivity index (χ1) is 8.43. The van der Waals surface area contributed by atoms with E-state index in [1.54, 1.807) is 16.4 Å². The summed E-state index contributed by atoms with van der Waals surface area (Å²) in [5, 5.41) is 16.7. The lowest BCUT2D eigenvalue weighted by atomic mass is 10.3. The summed E-state index contributed by atoms with van der Waals surface area (Å²) >= 11 is 1.74. The molecule has 0 spiro atoms. The molecule has 0 saturated carbocycles. The van der Waals surface area contributed by atoms with Crippen LogP contribution in [0, 0.1) is 0 Å². The fourth-order valence-electron chi connectivity index (χ4n) is 1.86. The van der Waals surface area contributed by atoms with Gasteiger partial charge in [-0.1, -0.05) is 30.0 Å². The van der Waals surface area contributed by atoms with Gasteiger partial charge in [-0.15, -0.1) is 17.5 Å². The molecule has 1 saturated heterocycles. The molecule has 0 aliphatic carbocycles. The van der Waals surface area contributed by atoms with Crippen LogP contribution in [0.4, 0.5) is 0 Å². The standard InChI is InChI=1S/C11H13N5S.ClH/c1-2-4-9(5-3-1)16-11(13-14-15-16)17-10-6-7-12-8-10;/h1-5,10,12H,6-8H2;1H. The molecule has 0 bridgehead atoms. The molecule has 1 aromatic carbocycles. The van der Waals surface area contributed by atoms with Crippen molar-refractivity contribution < 1.29 is 0 Å². The fraction of sp³-hybridized carbons (Fsp3) is 0.364. The lowest BCUT2D eigenvalue weighted by Crippen LogP contribution is -2.11. The second-order valence-corrected chi connectivity index (χ2v) is 5.21. The largest absolute Gasteiger partial charge is 0.316 e. The summed E-state index contributed by atoms with van der Waals surface area (Å²) in [5.74, 6) is 0. The van der Waals surface area contributed by atoms with Gasteiger partial charge < -0.3 is 5.32 Å². The van der Waals surface area contributed by atoms with Crippen LogP contribution in [0.3, 0.4) is 0 Å². The quantitative estimate of drug-likeness (QED) is 0.926. The van der Waals surface area contributed by atoms with Crippen molar-refractivity contribution in [2.75, 3.05) is 13.1 Å². The van der Waals surface area contributed by atoms with Crippen LogP contribution in [-0.2, 0) is 0 Å². The molecule has 1 aliphatic heterocycles. The fourth-order valence-corrected chi connectivity index (χ4v) is 2.92. The summed E-state index contributed by atoms with van der Waals surface area (Å²) in [4.78, 5) is 0. The van der Waals surface area contributed by atoms with Gasteiger partial charge in [0.05, 0.1) is 5.69 Å². The molecule has 18 heavy (non-hydrogen) atoms. The molecule has 1 atom stereocenters. The maximum Gasteiger partial charge on any atom is 0.214 e. The monoisotopic (exact) mass is 283 g/mol. The molecular formula is C11H14ClN5S. The molecule has 1 aliphatic rings. The van der Waals surface area contributed by atoms with E-state index in [1.165, 1.54) is 6.42 Å².